The lowest BCUT2D eigenvalue weighted by Gasteiger charge is -2.42. The highest BCUT2D eigenvalue weighted by molar-refractivity contribution is 5.92. The van der Waals surface area contributed by atoms with E-state index in [1.54, 1.807) is 0 Å². The van der Waals surface area contributed by atoms with Gasteiger partial charge < -0.3 is 20.1 Å². The van der Waals surface area contributed by atoms with Crippen molar-refractivity contribution in [2.24, 2.45) is 0 Å². The van der Waals surface area contributed by atoms with Gasteiger partial charge in [-0.1, -0.05) is 6.07 Å². The molecule has 1 spiro atoms. The van der Waals surface area contributed by atoms with Crippen LogP contribution in [0.2, 0.25) is 0 Å². The molecule has 0 bridgehead atoms. The zero-order valence-electron chi connectivity index (χ0n) is 12.4. The third-order valence-corrected chi connectivity index (χ3v) is 4.26. The third kappa shape index (κ3) is 1.73. The number of rotatable bonds is 0. The molecule has 2 N–H and O–H groups in total. The highest BCUT2D eigenvalue weighted by atomic mass is 16.6. The zero-order chi connectivity index (χ0) is 14.8. The van der Waals surface area contributed by atoms with E-state index in [0.29, 0.717) is 12.2 Å². The van der Waals surface area contributed by atoms with E-state index in [1.807, 2.05) is 13.8 Å². The second-order valence-corrected chi connectivity index (χ2v) is 6.63. The highest BCUT2D eigenvalue weighted by Gasteiger charge is 2.54. The van der Waals surface area contributed by atoms with Gasteiger partial charge in [-0.2, -0.15) is 0 Å². The Morgan fingerprint density at radius 3 is 2.76 bits per heavy atom. The largest absolute Gasteiger partial charge is 0.480 e. The summed E-state index contributed by atoms with van der Waals surface area (Å²) in [7, 11) is 0. The normalized spacial score (nSPS) is 28.4. The third-order valence-electron chi connectivity index (χ3n) is 4.26. The van der Waals surface area contributed by atoms with Crippen LogP contribution < -0.4 is 10.6 Å². The van der Waals surface area contributed by atoms with E-state index in [4.69, 9.17) is 9.47 Å². The van der Waals surface area contributed by atoms with Gasteiger partial charge in [0.2, 0.25) is 5.76 Å². The Kier molecular flexibility index (Phi) is 2.23. The van der Waals surface area contributed by atoms with Gasteiger partial charge in [0.15, 0.2) is 0 Å². The van der Waals surface area contributed by atoms with Crippen LogP contribution in [0.1, 0.15) is 25.8 Å². The Morgan fingerprint density at radius 2 is 1.95 bits per heavy atom. The maximum Gasteiger partial charge on any atom is 0.374 e. The highest BCUT2D eigenvalue weighted by Crippen LogP contribution is 2.48. The minimum atomic E-state index is -0.501. The standard InChI is InChI=1S/C16H18N2O3/c1-9-4-5-11-12(6-9)18-16(17-11)8-15(2,3)21-13-10(16)7-20-14(13)19/h4-6,17-18H,7-8H2,1-3H3. The van der Waals surface area contributed by atoms with Crippen molar-refractivity contribution in [3.05, 3.63) is 35.1 Å². The summed E-state index contributed by atoms with van der Waals surface area (Å²) in [4.78, 5) is 11.9. The lowest BCUT2D eigenvalue weighted by molar-refractivity contribution is -0.142. The smallest absolute Gasteiger partial charge is 0.374 e. The first-order chi connectivity index (χ1) is 9.89. The van der Waals surface area contributed by atoms with E-state index in [-0.39, 0.29) is 12.6 Å². The molecule has 4 rings (SSSR count). The number of hydrogen-bond acceptors (Lipinski definition) is 5. The molecule has 0 aromatic heterocycles. The summed E-state index contributed by atoms with van der Waals surface area (Å²) >= 11 is 0. The van der Waals surface area contributed by atoms with E-state index < -0.39 is 11.3 Å². The molecular weight excluding hydrogens is 268 g/mol. The van der Waals surface area contributed by atoms with Crippen molar-refractivity contribution in [3.63, 3.8) is 0 Å². The Bertz CT molecular complexity index is 693. The van der Waals surface area contributed by atoms with Crippen LogP contribution in [0.5, 0.6) is 0 Å². The van der Waals surface area contributed by atoms with Crippen LogP contribution in [0.15, 0.2) is 29.5 Å². The minimum Gasteiger partial charge on any atom is -0.480 e. The van der Waals surface area contributed by atoms with E-state index in [9.17, 15) is 4.79 Å². The monoisotopic (exact) mass is 286 g/mol. The fourth-order valence-corrected chi connectivity index (χ4v) is 3.47. The molecule has 21 heavy (non-hydrogen) atoms. The van der Waals surface area contributed by atoms with Crippen molar-refractivity contribution in [1.29, 1.82) is 0 Å². The molecule has 5 heteroatoms. The average molecular weight is 286 g/mol. The number of cyclic esters (lactones) is 1. The van der Waals surface area contributed by atoms with E-state index in [0.717, 1.165) is 16.9 Å². The first kappa shape index (κ1) is 12.6. The Labute approximate surface area is 123 Å². The predicted molar refractivity (Wildman–Crippen MR) is 78.9 cm³/mol. The molecule has 110 valence electrons. The van der Waals surface area contributed by atoms with Gasteiger partial charge in [0, 0.05) is 6.42 Å². The maximum atomic E-state index is 11.9. The van der Waals surface area contributed by atoms with Crippen molar-refractivity contribution < 1.29 is 14.3 Å². The van der Waals surface area contributed by atoms with Crippen molar-refractivity contribution in [2.75, 3.05) is 17.2 Å². The number of benzene rings is 1. The summed E-state index contributed by atoms with van der Waals surface area (Å²) in [6.07, 6.45) is 0.712. The van der Waals surface area contributed by atoms with Crippen molar-refractivity contribution >= 4 is 17.3 Å². The Morgan fingerprint density at radius 1 is 1.19 bits per heavy atom. The molecule has 5 nitrogen and oxygen atoms in total. The van der Waals surface area contributed by atoms with Crippen LogP contribution in [-0.2, 0) is 14.3 Å². The summed E-state index contributed by atoms with van der Waals surface area (Å²) < 4.78 is 11.0. The summed E-state index contributed by atoms with van der Waals surface area (Å²) in [5, 5.41) is 7.10. The fraction of sp³-hybridized carbons (Fsp3) is 0.438. The van der Waals surface area contributed by atoms with Crippen molar-refractivity contribution in [3.8, 4) is 0 Å². The number of esters is 1. The van der Waals surface area contributed by atoms with Gasteiger partial charge in [-0.05, 0) is 38.5 Å². The lowest BCUT2D eigenvalue weighted by Crippen LogP contribution is -2.53. The molecule has 0 fully saturated rings. The van der Waals surface area contributed by atoms with Crippen LogP contribution in [0.3, 0.4) is 0 Å². The fourth-order valence-electron chi connectivity index (χ4n) is 3.47. The molecule has 0 aliphatic carbocycles. The van der Waals surface area contributed by atoms with Crippen LogP contribution in [0.25, 0.3) is 0 Å². The molecule has 0 saturated carbocycles. The van der Waals surface area contributed by atoms with Gasteiger partial charge in [-0.15, -0.1) is 0 Å². The van der Waals surface area contributed by atoms with E-state index >= 15 is 0 Å². The van der Waals surface area contributed by atoms with Gasteiger partial charge in [-0.3, -0.25) is 0 Å². The lowest BCUT2D eigenvalue weighted by atomic mass is 9.85. The number of carbonyl (C=O) groups is 1. The molecule has 3 aliphatic heterocycles. The van der Waals surface area contributed by atoms with Crippen molar-refractivity contribution in [2.45, 2.75) is 38.5 Å². The number of anilines is 2. The number of fused-ring (bicyclic) bond motifs is 2. The van der Waals surface area contributed by atoms with Gasteiger partial charge in [0.1, 0.15) is 17.9 Å². The molecule has 0 saturated heterocycles. The zero-order valence-corrected chi connectivity index (χ0v) is 12.4. The van der Waals surface area contributed by atoms with Crippen LogP contribution in [0.4, 0.5) is 11.4 Å². The van der Waals surface area contributed by atoms with Gasteiger partial charge in [0.25, 0.3) is 0 Å². The summed E-state index contributed by atoms with van der Waals surface area (Å²) in [5.41, 5.74) is 3.21. The molecule has 0 radical (unpaired) electrons. The topological polar surface area (TPSA) is 59.6 Å². The molecule has 1 atom stereocenters. The van der Waals surface area contributed by atoms with E-state index in [1.165, 1.54) is 5.56 Å². The van der Waals surface area contributed by atoms with Crippen LogP contribution in [-0.4, -0.2) is 23.8 Å². The first-order valence-electron chi connectivity index (χ1n) is 7.15. The maximum absolute atomic E-state index is 11.9. The molecule has 3 aliphatic rings. The second kappa shape index (κ2) is 3.72. The van der Waals surface area contributed by atoms with Crippen LogP contribution >= 0.6 is 0 Å². The summed E-state index contributed by atoms with van der Waals surface area (Å²) in [5.74, 6) is -0.0105. The Hall–Kier alpha value is -2.17. The molecule has 1 aromatic carbocycles. The Balaban J connectivity index is 1.83. The summed E-state index contributed by atoms with van der Waals surface area (Å²) in [6, 6.07) is 6.24. The van der Waals surface area contributed by atoms with Crippen LogP contribution in [0, 0.1) is 6.92 Å². The number of ether oxygens (including phenoxy) is 2. The van der Waals surface area contributed by atoms with Crippen molar-refractivity contribution in [1.82, 2.24) is 0 Å². The predicted octanol–water partition coefficient (Wildman–Crippen LogP) is 2.54. The first-order valence-corrected chi connectivity index (χ1v) is 7.15. The number of hydrogen-bond donors (Lipinski definition) is 2. The quantitative estimate of drug-likeness (QED) is 0.718. The molecule has 0 amide bonds. The number of nitrogens with one attached hydrogen (secondary N) is 2. The van der Waals surface area contributed by atoms with E-state index in [2.05, 4.69) is 35.8 Å². The molecular formula is C16H18N2O3. The molecule has 1 aromatic rings. The molecule has 1 unspecified atom stereocenters. The van der Waals surface area contributed by atoms with Gasteiger partial charge >= 0.3 is 5.97 Å². The number of aryl methyl sites for hydroxylation is 1. The van der Waals surface area contributed by atoms with Gasteiger partial charge in [-0.25, -0.2) is 4.79 Å². The molecule has 3 heterocycles. The van der Waals surface area contributed by atoms with Gasteiger partial charge in [0.05, 0.1) is 16.9 Å². The summed E-state index contributed by atoms with van der Waals surface area (Å²) in [6.45, 7) is 6.31. The second-order valence-electron chi connectivity index (χ2n) is 6.63. The average Bonchev–Trinajstić information content (AvgIpc) is 2.90. The minimum absolute atomic E-state index is 0.275. The number of carbonyl (C=O) groups excluding carboxylic acids is 1. The SMILES string of the molecule is Cc1ccc2c(c1)NC1(CC(C)(C)OC3=C1COC3=O)N2.